The number of carbonyl (C=O) groups is 2. The molecule has 0 saturated carbocycles. The van der Waals surface area contributed by atoms with E-state index in [0.29, 0.717) is 33.3 Å². The number of methoxy groups -OCH3 is 2. The number of hydrogen-bond donors (Lipinski definition) is 0. The average Bonchev–Trinajstić information content (AvgIpc) is 3.25. The first-order chi connectivity index (χ1) is 17.0. The summed E-state index contributed by atoms with van der Waals surface area (Å²) in [6, 6.07) is 24.2. The van der Waals surface area contributed by atoms with Crippen LogP contribution in [0.3, 0.4) is 0 Å². The Morgan fingerprint density at radius 3 is 2.31 bits per heavy atom. The summed E-state index contributed by atoms with van der Waals surface area (Å²) >= 11 is 1.39. The molecule has 0 aliphatic rings. The van der Waals surface area contributed by atoms with Crippen molar-refractivity contribution in [3.05, 3.63) is 100 Å². The third-order valence-corrected chi connectivity index (χ3v) is 7.03. The van der Waals surface area contributed by atoms with E-state index in [1.54, 1.807) is 19.2 Å². The first-order valence-electron chi connectivity index (χ1n) is 11.0. The summed E-state index contributed by atoms with van der Waals surface area (Å²) in [4.78, 5) is 26.0. The Labute approximate surface area is 206 Å². The van der Waals surface area contributed by atoms with Gasteiger partial charge in [0.05, 0.1) is 19.8 Å². The summed E-state index contributed by atoms with van der Waals surface area (Å²) < 4.78 is 17.5. The SMILES string of the molecule is COC(=O)c1ccc2cc(Oc3c(C(=O)c4ccccc4C)sc4cc(OC)ccc34)ccc2c1. The molecule has 6 heteroatoms. The Hall–Kier alpha value is -4.16. The van der Waals surface area contributed by atoms with Crippen LogP contribution in [0.15, 0.2) is 78.9 Å². The van der Waals surface area contributed by atoms with Crippen molar-refractivity contribution in [3.63, 3.8) is 0 Å². The van der Waals surface area contributed by atoms with Gasteiger partial charge in [-0.2, -0.15) is 0 Å². The third kappa shape index (κ3) is 4.24. The fourth-order valence-electron chi connectivity index (χ4n) is 4.03. The van der Waals surface area contributed by atoms with Crippen LogP contribution in [0.5, 0.6) is 17.2 Å². The summed E-state index contributed by atoms with van der Waals surface area (Å²) in [6.07, 6.45) is 0. The fraction of sp³-hybridized carbons (Fsp3) is 0.103. The zero-order valence-electron chi connectivity index (χ0n) is 19.5. The van der Waals surface area contributed by atoms with Crippen molar-refractivity contribution in [2.24, 2.45) is 0 Å². The van der Waals surface area contributed by atoms with Gasteiger partial charge in [-0.05, 0) is 65.7 Å². The minimum Gasteiger partial charge on any atom is -0.497 e. The van der Waals surface area contributed by atoms with Crippen LogP contribution < -0.4 is 9.47 Å². The number of benzene rings is 4. The number of aryl methyl sites for hydroxylation is 1. The maximum Gasteiger partial charge on any atom is 0.337 e. The van der Waals surface area contributed by atoms with E-state index in [-0.39, 0.29) is 11.8 Å². The number of hydrogen-bond acceptors (Lipinski definition) is 6. The first-order valence-corrected chi connectivity index (χ1v) is 11.8. The van der Waals surface area contributed by atoms with Gasteiger partial charge in [0.25, 0.3) is 0 Å². The summed E-state index contributed by atoms with van der Waals surface area (Å²) in [5, 5.41) is 2.63. The molecule has 0 amide bonds. The zero-order chi connectivity index (χ0) is 24.5. The minimum absolute atomic E-state index is 0.0817. The highest BCUT2D eigenvalue weighted by atomic mass is 32.1. The quantitative estimate of drug-likeness (QED) is 0.189. The Kier molecular flexibility index (Phi) is 5.97. The van der Waals surface area contributed by atoms with Gasteiger partial charge in [-0.15, -0.1) is 11.3 Å². The fourth-order valence-corrected chi connectivity index (χ4v) is 5.14. The first kappa shape index (κ1) is 22.6. The second kappa shape index (κ2) is 9.24. The van der Waals surface area contributed by atoms with Gasteiger partial charge in [-0.3, -0.25) is 4.79 Å². The molecule has 5 aromatic rings. The average molecular weight is 483 g/mol. The van der Waals surface area contributed by atoms with E-state index >= 15 is 0 Å². The summed E-state index contributed by atoms with van der Waals surface area (Å²) in [6.45, 7) is 1.93. The predicted octanol–water partition coefficient (Wildman–Crippen LogP) is 7.18. The number of fused-ring (bicyclic) bond motifs is 2. The number of rotatable bonds is 6. The molecule has 5 rings (SSSR count). The van der Waals surface area contributed by atoms with E-state index in [0.717, 1.165) is 26.4 Å². The van der Waals surface area contributed by atoms with Crippen LogP contribution in [0, 0.1) is 6.92 Å². The molecule has 1 heterocycles. The number of ether oxygens (including phenoxy) is 3. The van der Waals surface area contributed by atoms with Crippen LogP contribution in [0.25, 0.3) is 20.9 Å². The Morgan fingerprint density at radius 2 is 1.54 bits per heavy atom. The van der Waals surface area contributed by atoms with Crippen LogP contribution >= 0.6 is 11.3 Å². The molecule has 0 radical (unpaired) electrons. The van der Waals surface area contributed by atoms with Gasteiger partial charge in [0.2, 0.25) is 5.78 Å². The van der Waals surface area contributed by atoms with Gasteiger partial charge in [0.15, 0.2) is 5.75 Å². The van der Waals surface area contributed by atoms with E-state index in [9.17, 15) is 9.59 Å². The van der Waals surface area contributed by atoms with E-state index in [1.807, 2.05) is 73.7 Å². The van der Waals surface area contributed by atoms with Crippen molar-refractivity contribution in [3.8, 4) is 17.2 Å². The normalized spacial score (nSPS) is 10.9. The molecular weight excluding hydrogens is 460 g/mol. The molecule has 0 fully saturated rings. The highest BCUT2D eigenvalue weighted by Crippen LogP contribution is 2.43. The van der Waals surface area contributed by atoms with Gasteiger partial charge >= 0.3 is 5.97 Å². The second-order valence-corrected chi connectivity index (χ2v) is 9.14. The molecule has 4 aromatic carbocycles. The standard InChI is InChI=1S/C29H22O5S/c1-17-6-4-5-7-23(17)26(30)28-27(24-13-12-21(32-2)16-25(24)35-28)34-22-11-10-18-14-20(29(31)33-3)9-8-19(18)15-22/h4-16H,1-3H3. The molecule has 5 nitrogen and oxygen atoms in total. The Balaban J connectivity index is 1.60. The topological polar surface area (TPSA) is 61.8 Å². The smallest absolute Gasteiger partial charge is 0.337 e. The maximum absolute atomic E-state index is 13.6. The van der Waals surface area contributed by atoms with E-state index < -0.39 is 0 Å². The van der Waals surface area contributed by atoms with E-state index in [2.05, 4.69) is 0 Å². The van der Waals surface area contributed by atoms with Gasteiger partial charge in [-0.25, -0.2) is 4.79 Å². The number of ketones is 1. The summed E-state index contributed by atoms with van der Waals surface area (Å²) in [5.41, 5.74) is 2.04. The molecule has 0 spiro atoms. The van der Waals surface area contributed by atoms with Crippen LogP contribution in [-0.4, -0.2) is 26.0 Å². The second-order valence-electron chi connectivity index (χ2n) is 8.08. The molecule has 174 valence electrons. The molecule has 0 bridgehead atoms. The van der Waals surface area contributed by atoms with Crippen LogP contribution in [0.4, 0.5) is 0 Å². The summed E-state index contributed by atoms with van der Waals surface area (Å²) in [7, 11) is 2.98. The Bertz CT molecular complexity index is 1600. The minimum atomic E-state index is -0.383. The van der Waals surface area contributed by atoms with Gasteiger partial charge in [-0.1, -0.05) is 36.4 Å². The molecule has 0 aliphatic carbocycles. The molecular formula is C29H22O5S. The highest BCUT2D eigenvalue weighted by molar-refractivity contribution is 7.21. The molecule has 0 N–H and O–H groups in total. The van der Waals surface area contributed by atoms with Crippen molar-refractivity contribution in [1.82, 2.24) is 0 Å². The Morgan fingerprint density at radius 1 is 0.800 bits per heavy atom. The van der Waals surface area contributed by atoms with Crippen molar-refractivity contribution in [1.29, 1.82) is 0 Å². The highest BCUT2D eigenvalue weighted by Gasteiger charge is 2.23. The van der Waals surface area contributed by atoms with Crippen molar-refractivity contribution in [2.45, 2.75) is 6.92 Å². The molecule has 0 unspecified atom stereocenters. The van der Waals surface area contributed by atoms with Crippen molar-refractivity contribution < 1.29 is 23.8 Å². The van der Waals surface area contributed by atoms with E-state index in [4.69, 9.17) is 14.2 Å². The lowest BCUT2D eigenvalue weighted by Crippen LogP contribution is -2.03. The van der Waals surface area contributed by atoms with Gasteiger partial charge in [0, 0.05) is 15.6 Å². The monoisotopic (exact) mass is 482 g/mol. The molecule has 35 heavy (non-hydrogen) atoms. The number of esters is 1. The summed E-state index contributed by atoms with van der Waals surface area (Å²) in [5.74, 6) is 1.37. The largest absolute Gasteiger partial charge is 0.497 e. The van der Waals surface area contributed by atoms with Crippen molar-refractivity contribution in [2.75, 3.05) is 14.2 Å². The van der Waals surface area contributed by atoms with Crippen LogP contribution in [0.2, 0.25) is 0 Å². The lowest BCUT2D eigenvalue weighted by atomic mass is 10.0. The number of thiophene rings is 1. The van der Waals surface area contributed by atoms with Gasteiger partial charge < -0.3 is 14.2 Å². The number of carbonyl (C=O) groups excluding carboxylic acids is 2. The molecule has 1 aromatic heterocycles. The lowest BCUT2D eigenvalue weighted by Gasteiger charge is -2.10. The maximum atomic E-state index is 13.6. The van der Waals surface area contributed by atoms with Crippen LogP contribution in [-0.2, 0) is 4.74 Å². The van der Waals surface area contributed by atoms with Crippen molar-refractivity contribution >= 4 is 43.9 Å². The van der Waals surface area contributed by atoms with Crippen LogP contribution in [0.1, 0.15) is 31.2 Å². The molecule has 0 aliphatic heterocycles. The van der Waals surface area contributed by atoms with Gasteiger partial charge in [0.1, 0.15) is 16.4 Å². The van der Waals surface area contributed by atoms with E-state index in [1.165, 1.54) is 18.4 Å². The molecule has 0 saturated heterocycles. The zero-order valence-corrected chi connectivity index (χ0v) is 20.3. The predicted molar refractivity (Wildman–Crippen MR) is 138 cm³/mol. The molecule has 0 atom stereocenters. The lowest BCUT2D eigenvalue weighted by molar-refractivity contribution is 0.0600. The third-order valence-electron chi connectivity index (χ3n) is 5.90.